The van der Waals surface area contributed by atoms with E-state index in [4.69, 9.17) is 0 Å². The quantitative estimate of drug-likeness (QED) is 0.538. The molecule has 1 aromatic carbocycles. The molecule has 0 aliphatic carbocycles. The molecule has 0 aromatic heterocycles. The predicted molar refractivity (Wildman–Crippen MR) is 45.4 cm³/mol. The third kappa shape index (κ3) is 3.37. The van der Waals surface area contributed by atoms with E-state index in [0.29, 0.717) is 0 Å². The average molecular weight is 179 g/mol. The van der Waals surface area contributed by atoms with E-state index >= 15 is 0 Å². The van der Waals surface area contributed by atoms with Gasteiger partial charge in [-0.3, -0.25) is 9.59 Å². The van der Waals surface area contributed by atoms with Crippen molar-refractivity contribution in [2.45, 2.75) is 6.42 Å². The number of hydroxylamine groups is 1. The van der Waals surface area contributed by atoms with Crippen LogP contribution in [0.5, 0.6) is 0 Å². The molecule has 1 N–H and O–H groups in total. The highest BCUT2D eigenvalue weighted by Gasteiger charge is 2.01. The van der Waals surface area contributed by atoms with E-state index in [9.17, 15) is 9.59 Å². The van der Waals surface area contributed by atoms with Crippen LogP contribution >= 0.6 is 0 Å². The largest absolute Gasteiger partial charge is 0.344 e. The van der Waals surface area contributed by atoms with E-state index < -0.39 is 0 Å². The first kappa shape index (κ1) is 9.25. The van der Waals surface area contributed by atoms with E-state index in [1.54, 1.807) is 0 Å². The topological polar surface area (TPSA) is 55.4 Å². The summed E-state index contributed by atoms with van der Waals surface area (Å²) in [5.74, 6) is -0.349. The van der Waals surface area contributed by atoms with Crippen LogP contribution in [0.2, 0.25) is 0 Å². The van der Waals surface area contributed by atoms with Gasteiger partial charge in [0, 0.05) is 0 Å². The highest BCUT2D eigenvalue weighted by Crippen LogP contribution is 1.98. The number of nitrogens with one attached hydrogen (secondary N) is 1. The van der Waals surface area contributed by atoms with E-state index in [1.165, 1.54) is 0 Å². The molecule has 0 unspecified atom stereocenters. The predicted octanol–water partition coefficient (Wildman–Crippen LogP) is 0.433. The molecule has 0 fully saturated rings. The van der Waals surface area contributed by atoms with Crippen LogP contribution in [0.1, 0.15) is 5.56 Å². The Bertz CT molecular complexity index is 284. The zero-order valence-corrected chi connectivity index (χ0v) is 6.90. The van der Waals surface area contributed by atoms with E-state index in [-0.39, 0.29) is 18.8 Å². The minimum Gasteiger partial charge on any atom is -0.344 e. The van der Waals surface area contributed by atoms with Crippen molar-refractivity contribution in [2.75, 3.05) is 0 Å². The fourth-order valence-electron chi connectivity index (χ4n) is 0.907. The first-order chi connectivity index (χ1) is 6.33. The van der Waals surface area contributed by atoms with Gasteiger partial charge in [0.05, 0.1) is 6.42 Å². The van der Waals surface area contributed by atoms with Gasteiger partial charge in [-0.15, -0.1) is 0 Å². The molecule has 0 aliphatic heterocycles. The Balaban J connectivity index is 2.41. The zero-order valence-electron chi connectivity index (χ0n) is 6.90. The first-order valence-corrected chi connectivity index (χ1v) is 3.75. The number of hydrogen-bond acceptors (Lipinski definition) is 3. The van der Waals surface area contributed by atoms with Gasteiger partial charge < -0.3 is 4.84 Å². The molecule has 13 heavy (non-hydrogen) atoms. The van der Waals surface area contributed by atoms with E-state index in [2.05, 4.69) is 4.84 Å². The van der Waals surface area contributed by atoms with Crippen molar-refractivity contribution in [1.82, 2.24) is 5.48 Å². The molecule has 0 saturated heterocycles. The summed E-state index contributed by atoms with van der Waals surface area (Å²) in [7, 11) is 0. The molecule has 68 valence electrons. The van der Waals surface area contributed by atoms with Crippen LogP contribution in [-0.4, -0.2) is 12.4 Å². The molecule has 0 radical (unpaired) electrons. The molecule has 1 aromatic rings. The summed E-state index contributed by atoms with van der Waals surface area (Å²) in [6, 6.07) is 9.18. The number of amides is 1. The molecule has 1 amide bonds. The Morgan fingerprint density at radius 1 is 1.38 bits per heavy atom. The second-order valence-electron chi connectivity index (χ2n) is 2.40. The third-order valence-electron chi connectivity index (χ3n) is 1.43. The smallest absolute Gasteiger partial charge is 0.320 e. The molecule has 0 bridgehead atoms. The van der Waals surface area contributed by atoms with Crippen molar-refractivity contribution in [1.29, 1.82) is 0 Å². The number of carbonyl (C=O) groups excluding carboxylic acids is 2. The van der Waals surface area contributed by atoms with Gasteiger partial charge in [-0.1, -0.05) is 30.3 Å². The summed E-state index contributed by atoms with van der Waals surface area (Å²) >= 11 is 0. The normalized spacial score (nSPS) is 8.92. The number of hydrogen-bond donors (Lipinski definition) is 1. The summed E-state index contributed by atoms with van der Waals surface area (Å²) in [6.45, 7) is 0.170. The number of carbonyl (C=O) groups is 2. The van der Waals surface area contributed by atoms with Crippen LogP contribution in [0.15, 0.2) is 30.3 Å². The summed E-state index contributed by atoms with van der Waals surface area (Å²) in [5.41, 5.74) is 2.84. The minimum absolute atomic E-state index is 0.170. The second kappa shape index (κ2) is 4.92. The van der Waals surface area contributed by atoms with Gasteiger partial charge in [0.2, 0.25) is 0 Å². The molecule has 0 aliphatic rings. The Kier molecular flexibility index (Phi) is 3.50. The molecule has 4 nitrogen and oxygen atoms in total. The fraction of sp³-hybridized carbons (Fsp3) is 0.111. The highest BCUT2D eigenvalue weighted by molar-refractivity contribution is 5.78. The van der Waals surface area contributed by atoms with Gasteiger partial charge in [-0.05, 0) is 5.56 Å². The SMILES string of the molecule is O=CONC(=O)Cc1ccccc1. The lowest BCUT2D eigenvalue weighted by Crippen LogP contribution is -2.24. The van der Waals surface area contributed by atoms with Gasteiger partial charge in [0.1, 0.15) is 0 Å². The van der Waals surface area contributed by atoms with Crippen molar-refractivity contribution >= 4 is 12.4 Å². The summed E-state index contributed by atoms with van der Waals surface area (Å²) < 4.78 is 0. The van der Waals surface area contributed by atoms with Gasteiger partial charge in [0.25, 0.3) is 5.91 Å². The van der Waals surface area contributed by atoms with Gasteiger partial charge >= 0.3 is 6.47 Å². The summed E-state index contributed by atoms with van der Waals surface area (Å²) in [6.07, 6.45) is 0.203. The fourth-order valence-corrected chi connectivity index (χ4v) is 0.907. The van der Waals surface area contributed by atoms with E-state index in [0.717, 1.165) is 5.56 Å². The molecule has 0 saturated carbocycles. The molecular formula is C9H9NO3. The standard InChI is InChI=1S/C9H9NO3/c11-7-13-10-9(12)6-8-4-2-1-3-5-8/h1-5,7H,6H2,(H,10,12). The van der Waals surface area contributed by atoms with Crippen molar-refractivity contribution in [3.63, 3.8) is 0 Å². The number of rotatable bonds is 4. The zero-order chi connectivity index (χ0) is 9.52. The van der Waals surface area contributed by atoms with Crippen LogP contribution in [0.25, 0.3) is 0 Å². The lowest BCUT2D eigenvalue weighted by molar-refractivity contribution is -0.146. The van der Waals surface area contributed by atoms with Crippen LogP contribution in [0.4, 0.5) is 0 Å². The molecule has 0 heterocycles. The van der Waals surface area contributed by atoms with Crippen molar-refractivity contribution in [3.8, 4) is 0 Å². The van der Waals surface area contributed by atoms with Gasteiger partial charge in [-0.25, -0.2) is 0 Å². The van der Waals surface area contributed by atoms with Crippen molar-refractivity contribution in [3.05, 3.63) is 35.9 Å². The molecule has 1 rings (SSSR count). The van der Waals surface area contributed by atoms with Gasteiger partial charge in [-0.2, -0.15) is 5.48 Å². The maximum atomic E-state index is 11.0. The third-order valence-corrected chi connectivity index (χ3v) is 1.43. The van der Waals surface area contributed by atoms with Crippen LogP contribution < -0.4 is 5.48 Å². The Hall–Kier alpha value is -1.84. The summed E-state index contributed by atoms with van der Waals surface area (Å²) in [5, 5.41) is 0. The molecular weight excluding hydrogens is 170 g/mol. The first-order valence-electron chi connectivity index (χ1n) is 3.75. The second-order valence-corrected chi connectivity index (χ2v) is 2.40. The Morgan fingerprint density at radius 3 is 2.69 bits per heavy atom. The number of benzene rings is 1. The molecule has 0 atom stereocenters. The highest BCUT2D eigenvalue weighted by atomic mass is 16.7. The maximum absolute atomic E-state index is 11.0. The molecule has 4 heteroatoms. The minimum atomic E-state index is -0.349. The average Bonchev–Trinajstić information content (AvgIpc) is 2.16. The van der Waals surface area contributed by atoms with Crippen LogP contribution in [-0.2, 0) is 20.8 Å². The van der Waals surface area contributed by atoms with Crippen molar-refractivity contribution < 1.29 is 14.4 Å². The van der Waals surface area contributed by atoms with E-state index in [1.807, 2.05) is 35.8 Å². The maximum Gasteiger partial charge on any atom is 0.320 e. The Morgan fingerprint density at radius 2 is 2.08 bits per heavy atom. The van der Waals surface area contributed by atoms with Crippen LogP contribution in [0.3, 0.4) is 0 Å². The monoisotopic (exact) mass is 179 g/mol. The summed E-state index contributed by atoms with van der Waals surface area (Å²) in [4.78, 5) is 24.8. The lowest BCUT2D eigenvalue weighted by Gasteiger charge is -2.00. The Labute approximate surface area is 75.5 Å². The lowest BCUT2D eigenvalue weighted by atomic mass is 10.1. The van der Waals surface area contributed by atoms with Gasteiger partial charge in [0.15, 0.2) is 0 Å². The van der Waals surface area contributed by atoms with Crippen LogP contribution in [0, 0.1) is 0 Å². The molecule has 0 spiro atoms. The van der Waals surface area contributed by atoms with Crippen molar-refractivity contribution in [2.24, 2.45) is 0 Å².